The average molecular weight is 438 g/mol. The summed E-state index contributed by atoms with van der Waals surface area (Å²) in [5, 5.41) is 0. The maximum absolute atomic E-state index is 5.66. The molecule has 22 heavy (non-hydrogen) atoms. The van der Waals surface area contributed by atoms with E-state index < -0.39 is 0 Å². The molecule has 1 aromatic carbocycles. The molecule has 115 valence electrons. The summed E-state index contributed by atoms with van der Waals surface area (Å²) in [5.41, 5.74) is 3.00. The molecule has 0 unspecified atom stereocenters. The predicted molar refractivity (Wildman–Crippen MR) is 89.0 cm³/mol. The fourth-order valence-corrected chi connectivity index (χ4v) is 2.37. The minimum absolute atomic E-state index is 0. The van der Waals surface area contributed by atoms with Crippen molar-refractivity contribution in [2.24, 2.45) is 0 Å². The second kappa shape index (κ2) is 9.66. The van der Waals surface area contributed by atoms with E-state index in [1.807, 2.05) is 42.3 Å². The van der Waals surface area contributed by atoms with Crippen molar-refractivity contribution in [3.63, 3.8) is 0 Å². The Kier molecular flexibility index (Phi) is 8.62. The van der Waals surface area contributed by atoms with Crippen LogP contribution in [-0.2, 0) is 37.4 Å². The van der Waals surface area contributed by atoms with E-state index in [-0.39, 0.29) is 32.7 Å². The van der Waals surface area contributed by atoms with E-state index in [2.05, 4.69) is 28.6 Å². The molecule has 0 saturated heterocycles. The summed E-state index contributed by atoms with van der Waals surface area (Å²) in [4.78, 5) is 2.01. The van der Waals surface area contributed by atoms with Crippen molar-refractivity contribution in [1.82, 2.24) is 4.90 Å². The van der Waals surface area contributed by atoms with Gasteiger partial charge in [0.2, 0.25) is 0 Å². The minimum Gasteiger partial charge on any atom is -0.494 e. The smallest absolute Gasteiger partial charge is 0.117 e. The molecule has 0 amide bonds. The van der Waals surface area contributed by atoms with Gasteiger partial charge in [-0.25, -0.2) is 0 Å². The first kappa shape index (κ1) is 19.6. The van der Waals surface area contributed by atoms with Crippen LogP contribution >= 0.6 is 15.9 Å². The number of ether oxygens (including phenoxy) is 2. The van der Waals surface area contributed by atoms with Gasteiger partial charge in [0.25, 0.3) is 0 Å². The van der Waals surface area contributed by atoms with E-state index in [0.29, 0.717) is 13.2 Å². The Balaban J connectivity index is 0.00000242. The van der Waals surface area contributed by atoms with Crippen molar-refractivity contribution >= 4 is 21.6 Å². The molecule has 1 aliphatic rings. The van der Waals surface area contributed by atoms with Crippen molar-refractivity contribution in [2.45, 2.75) is 6.42 Å². The molecule has 3 nitrogen and oxygen atoms in total. The van der Waals surface area contributed by atoms with Gasteiger partial charge in [-0.1, -0.05) is 22.3 Å². The third kappa shape index (κ3) is 5.05. The van der Waals surface area contributed by atoms with Gasteiger partial charge < -0.3 is 14.4 Å². The second-order valence-corrected chi connectivity index (χ2v) is 5.56. The number of halogens is 1. The van der Waals surface area contributed by atoms with Crippen LogP contribution in [0.2, 0.25) is 0 Å². The molecule has 0 bridgehead atoms. The molecule has 0 saturated carbocycles. The molecule has 1 aromatic rings. The van der Waals surface area contributed by atoms with Crippen molar-refractivity contribution in [1.29, 1.82) is 0 Å². The number of allylic oxidation sites excluding steroid dienone is 3. The molecule has 1 heterocycles. The van der Waals surface area contributed by atoms with Crippen molar-refractivity contribution in [3.05, 3.63) is 58.7 Å². The van der Waals surface area contributed by atoms with E-state index in [4.69, 9.17) is 9.47 Å². The van der Waals surface area contributed by atoms with Gasteiger partial charge in [-0.15, -0.1) is 28.1 Å². The van der Waals surface area contributed by atoms with Crippen LogP contribution in [0, 0.1) is 6.08 Å². The van der Waals surface area contributed by atoms with Gasteiger partial charge >= 0.3 is 0 Å². The quantitative estimate of drug-likeness (QED) is 0.496. The summed E-state index contributed by atoms with van der Waals surface area (Å²) in [7, 11) is 3.68. The zero-order valence-corrected chi connectivity index (χ0v) is 17.4. The monoisotopic (exact) mass is 437 g/mol. The Morgan fingerprint density at radius 2 is 1.91 bits per heavy atom. The summed E-state index contributed by atoms with van der Waals surface area (Å²) in [6.07, 6.45) is 6.04. The molecule has 1 aliphatic heterocycles. The molecule has 0 spiro atoms. The summed E-state index contributed by atoms with van der Waals surface area (Å²) in [6, 6.07) is 8.01. The van der Waals surface area contributed by atoms with Crippen LogP contribution in [0.15, 0.2) is 47.1 Å². The van der Waals surface area contributed by atoms with Crippen LogP contribution in [0.1, 0.15) is 12.0 Å². The Labute approximate surface area is 166 Å². The number of nitrogens with zero attached hydrogens (tertiary/aromatic N) is 1. The zero-order chi connectivity index (χ0) is 15.2. The molecule has 0 fully saturated rings. The molecular formula is C17H19BrNO2Y-. The fraction of sp³-hybridized carbons (Fsp3) is 0.294. The maximum atomic E-state index is 5.66. The average Bonchev–Trinajstić information content (AvgIpc) is 2.50. The first-order valence-electron chi connectivity index (χ1n) is 6.78. The van der Waals surface area contributed by atoms with Gasteiger partial charge in [0.05, 0.1) is 6.61 Å². The molecule has 0 aromatic heterocycles. The van der Waals surface area contributed by atoms with Crippen molar-refractivity contribution in [2.75, 3.05) is 27.4 Å². The first-order valence-corrected chi connectivity index (χ1v) is 7.57. The van der Waals surface area contributed by atoms with Crippen LogP contribution < -0.4 is 4.74 Å². The summed E-state index contributed by atoms with van der Waals surface area (Å²) >= 11 is 3.46. The minimum atomic E-state index is 0. The molecule has 0 N–H and O–H groups in total. The van der Waals surface area contributed by atoms with Gasteiger partial charge in [0, 0.05) is 59.9 Å². The van der Waals surface area contributed by atoms with Crippen LogP contribution in [0.4, 0.5) is 0 Å². The number of rotatable bonds is 6. The van der Waals surface area contributed by atoms with E-state index in [0.717, 1.165) is 33.6 Å². The van der Waals surface area contributed by atoms with Crippen molar-refractivity contribution in [3.8, 4) is 5.75 Å². The van der Waals surface area contributed by atoms with Crippen LogP contribution in [-0.4, -0.2) is 32.3 Å². The molecule has 0 aliphatic carbocycles. The summed E-state index contributed by atoms with van der Waals surface area (Å²) in [6.45, 7) is 5.42. The third-order valence-corrected chi connectivity index (χ3v) is 3.93. The zero-order valence-electron chi connectivity index (χ0n) is 12.9. The van der Waals surface area contributed by atoms with E-state index >= 15 is 0 Å². The maximum Gasteiger partial charge on any atom is 0.117 e. The predicted octanol–water partition coefficient (Wildman–Crippen LogP) is 3.98. The third-order valence-electron chi connectivity index (χ3n) is 3.24. The van der Waals surface area contributed by atoms with Gasteiger partial charge in [0.1, 0.15) is 5.75 Å². The molecular weight excluding hydrogens is 419 g/mol. The van der Waals surface area contributed by atoms with Crippen LogP contribution in [0.3, 0.4) is 0 Å². The van der Waals surface area contributed by atoms with E-state index in [1.165, 1.54) is 0 Å². The Morgan fingerprint density at radius 3 is 2.55 bits per heavy atom. The molecule has 1 radical (unpaired) electrons. The standard InChI is InChI=1S/C17H19BrNO2.Y/c1-13-16(18)9-10-17(19(13)2)14-5-7-15(8-6-14)21-12-4-11-20-3;/h5-9H,1,4,11-12H2,2-3H3;/q-1;. The first-order chi connectivity index (χ1) is 10.1. The van der Waals surface area contributed by atoms with Crippen LogP contribution in [0.5, 0.6) is 5.75 Å². The van der Waals surface area contributed by atoms with Crippen molar-refractivity contribution < 1.29 is 42.2 Å². The topological polar surface area (TPSA) is 21.7 Å². The van der Waals surface area contributed by atoms with Gasteiger partial charge in [-0.2, -0.15) is 12.2 Å². The Bertz CT molecular complexity index is 567. The summed E-state index contributed by atoms with van der Waals surface area (Å²) in [5.74, 6) is 0.865. The van der Waals surface area contributed by atoms with Gasteiger partial charge in [-0.3, -0.25) is 0 Å². The second-order valence-electron chi connectivity index (χ2n) is 4.71. The fourth-order valence-electron chi connectivity index (χ4n) is 1.99. The summed E-state index contributed by atoms with van der Waals surface area (Å²) < 4.78 is 11.6. The molecule has 2 rings (SSSR count). The Hall–Kier alpha value is -0.416. The van der Waals surface area contributed by atoms with Crippen LogP contribution in [0.25, 0.3) is 5.70 Å². The number of hydrogen-bond acceptors (Lipinski definition) is 3. The van der Waals surface area contributed by atoms with Gasteiger partial charge in [-0.05, 0) is 17.8 Å². The number of hydrogen-bond donors (Lipinski definition) is 0. The van der Waals surface area contributed by atoms with Gasteiger partial charge in [0.15, 0.2) is 0 Å². The number of likely N-dealkylation sites (N-methyl/N-ethyl adjacent to an activating group) is 1. The molecule has 5 heteroatoms. The van der Waals surface area contributed by atoms with E-state index in [1.54, 1.807) is 7.11 Å². The Morgan fingerprint density at radius 1 is 1.23 bits per heavy atom. The number of benzene rings is 1. The largest absolute Gasteiger partial charge is 0.494 e. The SMILES string of the molecule is C=C1C(Br)=C[C-]=C(c2ccc(OCCCOC)cc2)N1C.[Y]. The van der Waals surface area contributed by atoms with E-state index in [9.17, 15) is 0 Å². The molecule has 0 atom stereocenters. The number of methoxy groups -OCH3 is 1. The normalized spacial score (nSPS) is 14.1.